The molecule has 1 aromatic rings. The summed E-state index contributed by atoms with van der Waals surface area (Å²) in [6.45, 7) is 0. The summed E-state index contributed by atoms with van der Waals surface area (Å²) in [4.78, 5) is 3.09. The van der Waals surface area contributed by atoms with Gasteiger partial charge in [-0.05, 0) is 6.07 Å². The third-order valence-corrected chi connectivity index (χ3v) is 1.36. The predicted octanol–water partition coefficient (Wildman–Crippen LogP) is 2.10. The zero-order valence-electron chi connectivity index (χ0n) is 4.94. The molecule has 0 unspecified atom stereocenters. The van der Waals surface area contributed by atoms with Gasteiger partial charge >= 0.3 is 0 Å². The zero-order valence-corrected chi connectivity index (χ0v) is 5.70. The Morgan fingerprint density at radius 2 is 2.20 bits per heavy atom. The van der Waals surface area contributed by atoms with Crippen LogP contribution in [-0.2, 0) is 5.88 Å². The summed E-state index contributed by atoms with van der Waals surface area (Å²) in [7, 11) is 0. The van der Waals surface area contributed by atoms with Gasteiger partial charge in [-0.15, -0.1) is 11.6 Å². The monoisotopic (exact) mass is 163 g/mol. The molecule has 0 saturated heterocycles. The fourth-order valence-corrected chi connectivity index (χ4v) is 0.765. The lowest BCUT2D eigenvalue weighted by Crippen LogP contribution is -1.93. The van der Waals surface area contributed by atoms with Gasteiger partial charge in [0.15, 0.2) is 5.82 Å². The average Bonchev–Trinajstić information content (AvgIpc) is 1.95. The van der Waals surface area contributed by atoms with E-state index in [9.17, 15) is 8.78 Å². The maximum Gasteiger partial charge on any atom is 0.249 e. The van der Waals surface area contributed by atoms with Crippen LogP contribution >= 0.6 is 11.6 Å². The molecular formula is C6H4ClF2N. The first kappa shape index (κ1) is 7.41. The van der Waals surface area contributed by atoms with E-state index in [1.807, 2.05) is 0 Å². The van der Waals surface area contributed by atoms with Gasteiger partial charge in [-0.25, -0.2) is 9.37 Å². The van der Waals surface area contributed by atoms with Crippen molar-refractivity contribution >= 4 is 11.6 Å². The summed E-state index contributed by atoms with van der Waals surface area (Å²) in [6, 6.07) is 1.34. The molecule has 0 atom stereocenters. The molecule has 0 fully saturated rings. The van der Waals surface area contributed by atoms with Crippen LogP contribution in [0.2, 0.25) is 0 Å². The lowest BCUT2D eigenvalue weighted by molar-refractivity contribution is 0.473. The number of nitrogens with zero attached hydrogens (tertiary/aromatic N) is 1. The summed E-state index contributed by atoms with van der Waals surface area (Å²) < 4.78 is 24.7. The summed E-state index contributed by atoms with van der Waals surface area (Å²) >= 11 is 5.27. The molecule has 0 N–H and O–H groups in total. The van der Waals surface area contributed by atoms with E-state index in [0.29, 0.717) is 0 Å². The molecule has 0 amide bonds. The van der Waals surface area contributed by atoms with E-state index in [4.69, 9.17) is 11.6 Å². The number of rotatable bonds is 1. The van der Waals surface area contributed by atoms with Gasteiger partial charge in [-0.1, -0.05) is 0 Å². The first-order valence-electron chi connectivity index (χ1n) is 2.60. The van der Waals surface area contributed by atoms with Crippen molar-refractivity contribution in [1.82, 2.24) is 4.98 Å². The van der Waals surface area contributed by atoms with Gasteiger partial charge in [0.2, 0.25) is 5.95 Å². The third kappa shape index (κ3) is 1.24. The van der Waals surface area contributed by atoms with Gasteiger partial charge in [0.25, 0.3) is 0 Å². The van der Waals surface area contributed by atoms with Gasteiger partial charge < -0.3 is 0 Å². The van der Waals surface area contributed by atoms with Crippen LogP contribution in [0.3, 0.4) is 0 Å². The lowest BCUT2D eigenvalue weighted by Gasteiger charge is -1.95. The van der Waals surface area contributed by atoms with Gasteiger partial charge in [-0.3, -0.25) is 0 Å². The van der Waals surface area contributed by atoms with Gasteiger partial charge in [0, 0.05) is 11.8 Å². The molecule has 10 heavy (non-hydrogen) atoms. The summed E-state index contributed by atoms with van der Waals surface area (Å²) in [5.41, 5.74) is 0.133. The van der Waals surface area contributed by atoms with Gasteiger partial charge in [0.1, 0.15) is 0 Å². The van der Waals surface area contributed by atoms with E-state index in [0.717, 1.165) is 0 Å². The second kappa shape index (κ2) is 2.92. The van der Waals surface area contributed by atoms with Crippen LogP contribution < -0.4 is 0 Å². The van der Waals surface area contributed by atoms with Crippen LogP contribution in [0.1, 0.15) is 5.56 Å². The lowest BCUT2D eigenvalue weighted by atomic mass is 10.3. The first-order chi connectivity index (χ1) is 4.75. The van der Waals surface area contributed by atoms with Crippen LogP contribution in [-0.4, -0.2) is 4.98 Å². The van der Waals surface area contributed by atoms with Crippen LogP contribution in [0.5, 0.6) is 0 Å². The Kier molecular flexibility index (Phi) is 2.17. The molecule has 0 bridgehead atoms. The SMILES string of the molecule is Fc1nccc(CCl)c1F. The number of alkyl halides is 1. The number of hydrogen-bond acceptors (Lipinski definition) is 1. The predicted molar refractivity (Wildman–Crippen MR) is 33.7 cm³/mol. The van der Waals surface area contributed by atoms with Crippen molar-refractivity contribution in [3.8, 4) is 0 Å². The minimum absolute atomic E-state index is 0.0364. The van der Waals surface area contributed by atoms with E-state index in [1.54, 1.807) is 0 Å². The number of hydrogen-bond donors (Lipinski definition) is 0. The molecule has 1 nitrogen and oxygen atoms in total. The molecule has 4 heteroatoms. The van der Waals surface area contributed by atoms with Crippen LogP contribution in [0.4, 0.5) is 8.78 Å². The molecule has 0 radical (unpaired) electrons. The summed E-state index contributed by atoms with van der Waals surface area (Å²) in [6.07, 6.45) is 1.18. The van der Waals surface area contributed by atoms with Crippen LogP contribution in [0, 0.1) is 11.8 Å². The second-order valence-electron chi connectivity index (χ2n) is 1.71. The van der Waals surface area contributed by atoms with Crippen LogP contribution in [0.15, 0.2) is 12.3 Å². The normalized spacial score (nSPS) is 9.90. The number of halogens is 3. The maximum atomic E-state index is 12.5. The molecule has 0 aliphatic heterocycles. The highest BCUT2D eigenvalue weighted by atomic mass is 35.5. The van der Waals surface area contributed by atoms with Crippen molar-refractivity contribution in [3.63, 3.8) is 0 Å². The van der Waals surface area contributed by atoms with Gasteiger partial charge in [0.05, 0.1) is 5.88 Å². The zero-order chi connectivity index (χ0) is 7.56. The molecular weight excluding hydrogens is 160 g/mol. The van der Waals surface area contributed by atoms with E-state index in [-0.39, 0.29) is 11.4 Å². The molecule has 1 rings (SSSR count). The van der Waals surface area contributed by atoms with Crippen molar-refractivity contribution in [2.45, 2.75) is 5.88 Å². The Morgan fingerprint density at radius 1 is 1.50 bits per heavy atom. The van der Waals surface area contributed by atoms with Crippen molar-refractivity contribution in [3.05, 3.63) is 29.6 Å². The Bertz CT molecular complexity index is 239. The highest BCUT2D eigenvalue weighted by molar-refractivity contribution is 6.17. The average molecular weight is 164 g/mol. The molecule has 0 aliphatic rings. The smallest absolute Gasteiger partial charge is 0.226 e. The summed E-state index contributed by atoms with van der Waals surface area (Å²) in [5, 5.41) is 0. The van der Waals surface area contributed by atoms with Crippen molar-refractivity contribution in [2.24, 2.45) is 0 Å². The third-order valence-electron chi connectivity index (χ3n) is 1.07. The number of aromatic nitrogens is 1. The topological polar surface area (TPSA) is 12.9 Å². The minimum atomic E-state index is -1.10. The van der Waals surface area contributed by atoms with E-state index in [2.05, 4.69) is 4.98 Å². The molecule has 0 aromatic carbocycles. The van der Waals surface area contributed by atoms with Crippen molar-refractivity contribution < 1.29 is 8.78 Å². The molecule has 0 aliphatic carbocycles. The fraction of sp³-hybridized carbons (Fsp3) is 0.167. The van der Waals surface area contributed by atoms with Crippen molar-refractivity contribution in [1.29, 1.82) is 0 Å². The molecule has 54 valence electrons. The van der Waals surface area contributed by atoms with Crippen LogP contribution in [0.25, 0.3) is 0 Å². The molecule has 1 heterocycles. The molecule has 1 aromatic heterocycles. The first-order valence-corrected chi connectivity index (χ1v) is 3.14. The summed E-state index contributed by atoms with van der Waals surface area (Å²) in [5.74, 6) is -2.10. The Balaban J connectivity index is 3.14. The maximum absolute atomic E-state index is 12.5. The number of pyridine rings is 1. The Labute approximate surface area is 61.7 Å². The fourth-order valence-electron chi connectivity index (χ4n) is 0.558. The van der Waals surface area contributed by atoms with Gasteiger partial charge in [-0.2, -0.15) is 4.39 Å². The van der Waals surface area contributed by atoms with E-state index in [1.165, 1.54) is 12.3 Å². The van der Waals surface area contributed by atoms with E-state index >= 15 is 0 Å². The highest BCUT2D eigenvalue weighted by Crippen LogP contribution is 2.10. The second-order valence-corrected chi connectivity index (χ2v) is 1.98. The highest BCUT2D eigenvalue weighted by Gasteiger charge is 2.06. The largest absolute Gasteiger partial charge is 0.249 e. The Morgan fingerprint density at radius 3 is 2.70 bits per heavy atom. The standard InChI is InChI=1S/C6H4ClF2N/c7-3-4-1-2-10-6(9)5(4)8/h1-2H,3H2. The molecule has 0 spiro atoms. The Hall–Kier alpha value is -0.700. The van der Waals surface area contributed by atoms with E-state index < -0.39 is 11.8 Å². The minimum Gasteiger partial charge on any atom is -0.226 e. The van der Waals surface area contributed by atoms with Crippen molar-refractivity contribution in [2.75, 3.05) is 0 Å². The quantitative estimate of drug-likeness (QED) is 0.456. The molecule has 0 saturated carbocycles.